The molecule has 0 amide bonds. The molecule has 0 bridgehead atoms. The minimum atomic E-state index is -1.37. The molecule has 4 heteroatoms. The Morgan fingerprint density at radius 1 is 1.40 bits per heavy atom. The van der Waals surface area contributed by atoms with Crippen molar-refractivity contribution in [3.05, 3.63) is 0 Å². The highest BCUT2D eigenvalue weighted by molar-refractivity contribution is 7.62. The first-order chi connectivity index (χ1) is 7.13. The zero-order chi connectivity index (χ0) is 11.5. The number of hydrogen-bond donors (Lipinski definition) is 0. The molecule has 1 saturated heterocycles. The third-order valence-corrected chi connectivity index (χ3v) is 8.27. The van der Waals surface area contributed by atoms with Gasteiger partial charge in [-0.05, 0) is 19.9 Å². The van der Waals surface area contributed by atoms with Crippen LogP contribution in [0, 0.1) is 0 Å². The van der Waals surface area contributed by atoms with Crippen LogP contribution in [-0.4, -0.2) is 48.7 Å². The van der Waals surface area contributed by atoms with E-state index in [1.54, 1.807) is 0 Å². The number of nitrogens with zero attached hydrogens (tertiary/aromatic N) is 3. The lowest BCUT2D eigenvalue weighted by atomic mass is 10.2. The Hall–Kier alpha value is 0.150. The molecule has 0 aliphatic carbocycles. The lowest BCUT2D eigenvalue weighted by Gasteiger charge is -2.48. The Labute approximate surface area is 95.0 Å². The molecule has 2 atom stereocenters. The van der Waals surface area contributed by atoms with E-state index in [-0.39, 0.29) is 0 Å². The molecule has 0 spiro atoms. The Morgan fingerprint density at radius 3 is 2.40 bits per heavy atom. The van der Waals surface area contributed by atoms with Gasteiger partial charge in [0.1, 0.15) is 0 Å². The lowest BCUT2D eigenvalue weighted by molar-refractivity contribution is 0.386. The van der Waals surface area contributed by atoms with E-state index in [0.717, 1.165) is 18.7 Å². The predicted molar refractivity (Wildman–Crippen MR) is 69.5 cm³/mol. The Morgan fingerprint density at radius 2 is 2.00 bits per heavy atom. The van der Waals surface area contributed by atoms with Gasteiger partial charge in [0.05, 0.1) is 7.36 Å². The molecule has 15 heavy (non-hydrogen) atoms. The third-order valence-electron chi connectivity index (χ3n) is 3.64. The van der Waals surface area contributed by atoms with Gasteiger partial charge < -0.3 is 0 Å². The maximum absolute atomic E-state index is 4.85. The molecule has 0 aromatic carbocycles. The van der Waals surface area contributed by atoms with Crippen LogP contribution in [0.2, 0.25) is 0 Å². The first-order valence-electron chi connectivity index (χ1n) is 6.10. The van der Waals surface area contributed by atoms with Crippen molar-refractivity contribution in [2.75, 3.05) is 33.7 Å². The summed E-state index contributed by atoms with van der Waals surface area (Å²) in [6.07, 6.45) is 2.67. The van der Waals surface area contributed by atoms with E-state index < -0.39 is 7.36 Å². The van der Waals surface area contributed by atoms with Gasteiger partial charge in [-0.3, -0.25) is 14.1 Å². The summed E-state index contributed by atoms with van der Waals surface area (Å²) in [6.45, 7) is 10.4. The van der Waals surface area contributed by atoms with Crippen molar-refractivity contribution in [1.82, 2.24) is 9.34 Å². The van der Waals surface area contributed by atoms with Crippen LogP contribution in [0.5, 0.6) is 0 Å². The Kier molecular flexibility index (Phi) is 4.82. The Bertz CT molecular complexity index is 234. The molecule has 3 nitrogen and oxygen atoms in total. The molecule has 2 unspecified atom stereocenters. The van der Waals surface area contributed by atoms with Gasteiger partial charge in [0.15, 0.2) is 0 Å². The van der Waals surface area contributed by atoms with Crippen LogP contribution < -0.4 is 0 Å². The van der Waals surface area contributed by atoms with E-state index in [1.165, 1.54) is 19.4 Å². The highest BCUT2D eigenvalue weighted by Crippen LogP contribution is 2.62. The zero-order valence-corrected chi connectivity index (χ0v) is 11.8. The van der Waals surface area contributed by atoms with Crippen molar-refractivity contribution in [3.63, 3.8) is 0 Å². The largest absolute Gasteiger partial charge is 0.277 e. The molecule has 0 N–H and O–H groups in total. The maximum Gasteiger partial charge on any atom is 0.0990 e. The molecular formula is C11H26N3P. The van der Waals surface area contributed by atoms with Crippen molar-refractivity contribution in [3.8, 4) is 0 Å². The number of rotatable bonds is 3. The first-order valence-corrected chi connectivity index (χ1v) is 7.82. The van der Waals surface area contributed by atoms with Crippen molar-refractivity contribution >= 4 is 7.36 Å². The fourth-order valence-corrected chi connectivity index (χ4v) is 7.30. The van der Waals surface area contributed by atoms with Crippen molar-refractivity contribution in [1.29, 1.82) is 0 Å². The van der Waals surface area contributed by atoms with Gasteiger partial charge in [0.25, 0.3) is 0 Å². The van der Waals surface area contributed by atoms with E-state index in [2.05, 4.69) is 37.2 Å². The fourth-order valence-electron chi connectivity index (χ4n) is 2.88. The summed E-state index contributed by atoms with van der Waals surface area (Å²) in [7, 11) is 2.91. The van der Waals surface area contributed by atoms with Gasteiger partial charge in [0, 0.05) is 32.3 Å². The van der Waals surface area contributed by atoms with E-state index in [4.69, 9.17) is 4.74 Å². The van der Waals surface area contributed by atoms with Gasteiger partial charge in [-0.1, -0.05) is 20.8 Å². The molecule has 1 aliphatic heterocycles. The van der Waals surface area contributed by atoms with Crippen molar-refractivity contribution in [2.45, 2.75) is 39.3 Å². The molecule has 0 aromatic rings. The van der Waals surface area contributed by atoms with Crippen LogP contribution in [-0.2, 0) is 0 Å². The van der Waals surface area contributed by atoms with Gasteiger partial charge in [-0.25, -0.2) is 0 Å². The van der Waals surface area contributed by atoms with E-state index in [0.29, 0.717) is 0 Å². The van der Waals surface area contributed by atoms with Crippen LogP contribution in [0.4, 0.5) is 0 Å². The molecule has 1 heterocycles. The van der Waals surface area contributed by atoms with E-state index >= 15 is 0 Å². The van der Waals surface area contributed by atoms with Crippen LogP contribution in [0.25, 0.3) is 0 Å². The van der Waals surface area contributed by atoms with Crippen LogP contribution in [0.1, 0.15) is 33.6 Å². The molecule has 0 saturated carbocycles. The summed E-state index contributed by atoms with van der Waals surface area (Å²) in [6, 6.07) is 0. The van der Waals surface area contributed by atoms with E-state index in [1.807, 2.05) is 7.05 Å². The standard InChI is InChI=1S/C11H26N3P/c1-6-14(7-2)15(12-4)11(3)9-8-10-13(15)5/h11H,6-10H2,1-5H3. The average molecular weight is 231 g/mol. The molecular weight excluding hydrogens is 205 g/mol. The van der Waals surface area contributed by atoms with Crippen molar-refractivity contribution in [2.24, 2.45) is 4.74 Å². The van der Waals surface area contributed by atoms with Crippen molar-refractivity contribution < 1.29 is 0 Å². The molecule has 0 aromatic heterocycles. The quantitative estimate of drug-likeness (QED) is 0.695. The average Bonchev–Trinajstić information content (AvgIpc) is 2.24. The molecule has 1 aliphatic rings. The second kappa shape index (κ2) is 5.47. The summed E-state index contributed by atoms with van der Waals surface area (Å²) in [4.78, 5) is 0. The molecule has 1 rings (SSSR count). The van der Waals surface area contributed by atoms with Crippen LogP contribution >= 0.6 is 7.36 Å². The molecule has 90 valence electrons. The summed E-state index contributed by atoms with van der Waals surface area (Å²) in [5, 5.41) is 0. The second-order valence-electron chi connectivity index (χ2n) is 4.33. The highest BCUT2D eigenvalue weighted by Gasteiger charge is 2.37. The van der Waals surface area contributed by atoms with E-state index in [9.17, 15) is 0 Å². The smallest absolute Gasteiger partial charge is 0.0990 e. The van der Waals surface area contributed by atoms with Gasteiger partial charge in [-0.15, -0.1) is 0 Å². The van der Waals surface area contributed by atoms with Gasteiger partial charge >= 0.3 is 0 Å². The molecule has 1 fully saturated rings. The normalized spacial score (nSPS) is 33.3. The summed E-state index contributed by atoms with van der Waals surface area (Å²) >= 11 is 0. The second-order valence-corrected chi connectivity index (χ2v) is 8.09. The minimum absolute atomic E-state index is 0.737. The monoisotopic (exact) mass is 231 g/mol. The lowest BCUT2D eigenvalue weighted by Crippen LogP contribution is -2.38. The Balaban J connectivity index is 3.09. The maximum atomic E-state index is 4.85. The summed E-state index contributed by atoms with van der Waals surface area (Å²) in [5.74, 6) is 0. The van der Waals surface area contributed by atoms with Crippen LogP contribution in [0.3, 0.4) is 0 Å². The summed E-state index contributed by atoms with van der Waals surface area (Å²) in [5.41, 5.74) is 0.737. The predicted octanol–water partition coefficient (Wildman–Crippen LogP) is 3.10. The third kappa shape index (κ3) is 2.15. The first kappa shape index (κ1) is 13.2. The minimum Gasteiger partial charge on any atom is -0.277 e. The highest BCUT2D eigenvalue weighted by atomic mass is 31.2. The SMILES string of the molecule is CCN(CC)P1(=NC)C(C)CCCN1C. The molecule has 0 radical (unpaired) electrons. The van der Waals surface area contributed by atoms with Gasteiger partial charge in [-0.2, -0.15) is 0 Å². The van der Waals surface area contributed by atoms with Gasteiger partial charge in [0.2, 0.25) is 0 Å². The summed E-state index contributed by atoms with van der Waals surface area (Å²) < 4.78 is 9.98. The topological polar surface area (TPSA) is 18.8 Å². The van der Waals surface area contributed by atoms with Crippen LogP contribution in [0.15, 0.2) is 4.74 Å². The fraction of sp³-hybridized carbons (Fsp3) is 1.00. The zero-order valence-electron chi connectivity index (χ0n) is 10.9. The number of hydrogen-bond acceptors (Lipinski definition) is 1.